The molecule has 0 saturated carbocycles. The lowest BCUT2D eigenvalue weighted by Gasteiger charge is -2.41. The zero-order valence-electron chi connectivity index (χ0n) is 13.3. The summed E-state index contributed by atoms with van der Waals surface area (Å²) in [6.45, 7) is 9.42. The molecule has 2 atom stereocenters. The number of hydrogen-bond donors (Lipinski definition) is 1. The van der Waals surface area contributed by atoms with E-state index in [0.29, 0.717) is 6.04 Å². The van der Waals surface area contributed by atoms with E-state index < -0.39 is 0 Å². The molecule has 1 heterocycles. The molecule has 0 aliphatic carbocycles. The summed E-state index contributed by atoms with van der Waals surface area (Å²) in [4.78, 5) is 2.49. The first-order valence-corrected chi connectivity index (χ1v) is 7.61. The molecule has 2 unspecified atom stereocenters. The van der Waals surface area contributed by atoms with E-state index in [-0.39, 0.29) is 6.04 Å². The van der Waals surface area contributed by atoms with Gasteiger partial charge in [-0.1, -0.05) is 12.1 Å². The number of nitrogens with zero attached hydrogens (tertiary/aromatic N) is 1. The maximum atomic E-state index is 6.45. The van der Waals surface area contributed by atoms with Crippen molar-refractivity contribution in [2.45, 2.75) is 45.7 Å². The van der Waals surface area contributed by atoms with E-state index in [4.69, 9.17) is 10.5 Å². The molecule has 0 amide bonds. The Labute approximate surface area is 123 Å². The largest absolute Gasteiger partial charge is 0.383 e. The van der Waals surface area contributed by atoms with Crippen LogP contribution in [0.4, 0.5) is 0 Å². The normalized spacial score (nSPS) is 24.1. The SMILES string of the molecule is COCCN1CCCC(N)C1c1cc(C)c(C)cc1C. The number of ether oxygens (including phenoxy) is 1. The zero-order valence-corrected chi connectivity index (χ0v) is 13.3. The van der Waals surface area contributed by atoms with Crippen LogP contribution in [-0.4, -0.2) is 37.7 Å². The Morgan fingerprint density at radius 2 is 1.90 bits per heavy atom. The summed E-state index contributed by atoms with van der Waals surface area (Å²) in [6, 6.07) is 5.18. The minimum Gasteiger partial charge on any atom is -0.383 e. The number of aryl methyl sites for hydroxylation is 3. The van der Waals surface area contributed by atoms with Crippen LogP contribution in [-0.2, 0) is 4.74 Å². The van der Waals surface area contributed by atoms with Crippen molar-refractivity contribution < 1.29 is 4.74 Å². The lowest BCUT2D eigenvalue weighted by molar-refractivity contribution is 0.0845. The summed E-state index contributed by atoms with van der Waals surface area (Å²) >= 11 is 0. The number of methoxy groups -OCH3 is 1. The van der Waals surface area contributed by atoms with Crippen LogP contribution in [0.15, 0.2) is 12.1 Å². The first kappa shape index (κ1) is 15.5. The van der Waals surface area contributed by atoms with Crippen molar-refractivity contribution in [3.63, 3.8) is 0 Å². The average molecular weight is 276 g/mol. The third-order valence-electron chi connectivity index (χ3n) is 4.57. The molecule has 1 aliphatic rings. The second-order valence-electron chi connectivity index (χ2n) is 6.07. The Kier molecular flexibility index (Phi) is 5.19. The molecule has 3 nitrogen and oxygen atoms in total. The van der Waals surface area contributed by atoms with Gasteiger partial charge in [0.15, 0.2) is 0 Å². The third kappa shape index (κ3) is 3.22. The van der Waals surface area contributed by atoms with Gasteiger partial charge in [0.1, 0.15) is 0 Å². The Bertz CT molecular complexity index is 459. The van der Waals surface area contributed by atoms with Gasteiger partial charge in [0.2, 0.25) is 0 Å². The van der Waals surface area contributed by atoms with Crippen molar-refractivity contribution >= 4 is 0 Å². The number of nitrogens with two attached hydrogens (primary N) is 1. The first-order chi connectivity index (χ1) is 9.54. The van der Waals surface area contributed by atoms with Crippen molar-refractivity contribution in [2.24, 2.45) is 5.73 Å². The van der Waals surface area contributed by atoms with Gasteiger partial charge in [0.25, 0.3) is 0 Å². The number of rotatable bonds is 4. The number of benzene rings is 1. The summed E-state index contributed by atoms with van der Waals surface area (Å²) in [7, 11) is 1.76. The van der Waals surface area contributed by atoms with Gasteiger partial charge >= 0.3 is 0 Å². The highest BCUT2D eigenvalue weighted by atomic mass is 16.5. The maximum absolute atomic E-state index is 6.45. The lowest BCUT2D eigenvalue weighted by Crippen LogP contribution is -2.47. The van der Waals surface area contributed by atoms with Crippen LogP contribution in [0.5, 0.6) is 0 Å². The quantitative estimate of drug-likeness (QED) is 0.919. The van der Waals surface area contributed by atoms with Gasteiger partial charge in [-0.15, -0.1) is 0 Å². The molecule has 0 aromatic heterocycles. The van der Waals surface area contributed by atoms with Gasteiger partial charge in [-0.3, -0.25) is 4.90 Å². The molecule has 0 bridgehead atoms. The molecule has 1 aromatic rings. The molecule has 3 heteroatoms. The predicted octanol–water partition coefficient (Wildman–Crippen LogP) is 2.72. The van der Waals surface area contributed by atoms with Gasteiger partial charge in [0.05, 0.1) is 12.6 Å². The van der Waals surface area contributed by atoms with E-state index in [1.807, 2.05) is 0 Å². The minimum absolute atomic E-state index is 0.224. The summed E-state index contributed by atoms with van der Waals surface area (Å²) in [5.74, 6) is 0. The van der Waals surface area contributed by atoms with Gasteiger partial charge in [-0.05, 0) is 62.4 Å². The van der Waals surface area contributed by atoms with E-state index in [2.05, 4.69) is 37.8 Å². The second-order valence-corrected chi connectivity index (χ2v) is 6.07. The lowest BCUT2D eigenvalue weighted by atomic mass is 9.87. The molecule has 1 aliphatic heterocycles. The van der Waals surface area contributed by atoms with E-state index >= 15 is 0 Å². The van der Waals surface area contributed by atoms with Crippen molar-refractivity contribution in [1.82, 2.24) is 4.90 Å². The molecule has 0 radical (unpaired) electrons. The van der Waals surface area contributed by atoms with E-state index in [9.17, 15) is 0 Å². The summed E-state index contributed by atoms with van der Waals surface area (Å²) in [5, 5.41) is 0. The molecular formula is C17H28N2O. The van der Waals surface area contributed by atoms with Crippen molar-refractivity contribution in [3.05, 3.63) is 34.4 Å². The van der Waals surface area contributed by atoms with Crippen LogP contribution in [0.1, 0.15) is 41.1 Å². The van der Waals surface area contributed by atoms with E-state index in [0.717, 1.165) is 26.1 Å². The molecule has 112 valence electrons. The monoisotopic (exact) mass is 276 g/mol. The van der Waals surface area contributed by atoms with Gasteiger partial charge in [-0.25, -0.2) is 0 Å². The average Bonchev–Trinajstić information content (AvgIpc) is 2.41. The van der Waals surface area contributed by atoms with Crippen LogP contribution in [0.2, 0.25) is 0 Å². The molecule has 1 fully saturated rings. The summed E-state index contributed by atoms with van der Waals surface area (Å²) in [5.41, 5.74) is 11.9. The van der Waals surface area contributed by atoms with Gasteiger partial charge < -0.3 is 10.5 Å². The molecule has 1 aromatic carbocycles. The molecule has 0 spiro atoms. The van der Waals surface area contributed by atoms with Gasteiger partial charge in [-0.2, -0.15) is 0 Å². The highest BCUT2D eigenvalue weighted by Crippen LogP contribution is 2.33. The van der Waals surface area contributed by atoms with E-state index in [1.54, 1.807) is 7.11 Å². The predicted molar refractivity (Wildman–Crippen MR) is 84.1 cm³/mol. The fourth-order valence-electron chi connectivity index (χ4n) is 3.29. The number of likely N-dealkylation sites (tertiary alicyclic amines) is 1. The molecule has 2 rings (SSSR count). The summed E-state index contributed by atoms with van der Waals surface area (Å²) < 4.78 is 5.25. The fourth-order valence-corrected chi connectivity index (χ4v) is 3.29. The molecule has 1 saturated heterocycles. The topological polar surface area (TPSA) is 38.5 Å². The van der Waals surface area contributed by atoms with Crippen molar-refractivity contribution in [2.75, 3.05) is 26.8 Å². The van der Waals surface area contributed by atoms with Crippen LogP contribution in [0.3, 0.4) is 0 Å². The van der Waals surface area contributed by atoms with Gasteiger partial charge in [0, 0.05) is 19.7 Å². The van der Waals surface area contributed by atoms with Crippen LogP contribution in [0, 0.1) is 20.8 Å². The maximum Gasteiger partial charge on any atom is 0.0589 e. The first-order valence-electron chi connectivity index (χ1n) is 7.61. The molecule has 2 N–H and O–H groups in total. The number of hydrogen-bond acceptors (Lipinski definition) is 3. The van der Waals surface area contributed by atoms with Crippen LogP contribution in [0.25, 0.3) is 0 Å². The molecular weight excluding hydrogens is 248 g/mol. The second kappa shape index (κ2) is 6.70. The Morgan fingerprint density at radius 3 is 2.60 bits per heavy atom. The highest BCUT2D eigenvalue weighted by molar-refractivity contribution is 5.39. The highest BCUT2D eigenvalue weighted by Gasteiger charge is 2.31. The minimum atomic E-state index is 0.224. The number of piperidine rings is 1. The molecule has 20 heavy (non-hydrogen) atoms. The third-order valence-corrected chi connectivity index (χ3v) is 4.57. The van der Waals surface area contributed by atoms with Crippen molar-refractivity contribution in [1.29, 1.82) is 0 Å². The fraction of sp³-hybridized carbons (Fsp3) is 0.647. The smallest absolute Gasteiger partial charge is 0.0589 e. The Balaban J connectivity index is 2.32. The van der Waals surface area contributed by atoms with E-state index in [1.165, 1.54) is 28.7 Å². The van der Waals surface area contributed by atoms with Crippen LogP contribution >= 0.6 is 0 Å². The van der Waals surface area contributed by atoms with Crippen molar-refractivity contribution in [3.8, 4) is 0 Å². The zero-order chi connectivity index (χ0) is 14.7. The Morgan fingerprint density at radius 1 is 1.20 bits per heavy atom. The standard InChI is InChI=1S/C17H28N2O/c1-12-10-14(3)15(11-13(12)2)17-16(18)6-5-7-19(17)8-9-20-4/h10-11,16-17H,5-9,18H2,1-4H3. The summed E-state index contributed by atoms with van der Waals surface area (Å²) in [6.07, 6.45) is 2.30. The Hall–Kier alpha value is -0.900. The van der Waals surface area contributed by atoms with Crippen LogP contribution < -0.4 is 5.73 Å².